The Bertz CT molecular complexity index is 549. The van der Waals surface area contributed by atoms with E-state index in [2.05, 4.69) is 5.10 Å². The molecule has 3 rings (SSSR count). The van der Waals surface area contributed by atoms with Gasteiger partial charge in [-0.15, -0.1) is 0 Å². The Kier molecular flexibility index (Phi) is 3.78. The van der Waals surface area contributed by atoms with Crippen molar-refractivity contribution in [2.45, 2.75) is 57.7 Å². The van der Waals surface area contributed by atoms with Crippen LogP contribution in [0.25, 0.3) is 0 Å². The second-order valence-electron chi connectivity index (χ2n) is 7.29. The van der Waals surface area contributed by atoms with Crippen LogP contribution in [-0.2, 0) is 11.8 Å². The van der Waals surface area contributed by atoms with E-state index in [1.165, 1.54) is 0 Å². The average molecular weight is 307 g/mol. The molecule has 2 bridgehead atoms. The van der Waals surface area contributed by atoms with Crippen molar-refractivity contribution in [3.8, 4) is 5.88 Å². The molecule has 0 saturated carbocycles. The lowest BCUT2D eigenvalue weighted by Crippen LogP contribution is -2.41. The standard InChI is InChI=1S/C16H25N3O3/c1-16(2,3)22-15(20)19-12-5-6-13(19)11(9-12)10-21-14-7-8-17-18(14)4/h7-8,11-13H,5-6,9-10H2,1-4H3. The molecule has 122 valence electrons. The lowest BCUT2D eigenvalue weighted by atomic mass is 9.90. The molecule has 3 atom stereocenters. The van der Waals surface area contributed by atoms with Gasteiger partial charge in [-0.2, -0.15) is 5.10 Å². The third kappa shape index (κ3) is 2.91. The number of carbonyl (C=O) groups excluding carboxylic acids is 1. The summed E-state index contributed by atoms with van der Waals surface area (Å²) in [5.41, 5.74) is -0.445. The minimum absolute atomic E-state index is 0.178. The quantitative estimate of drug-likeness (QED) is 0.861. The van der Waals surface area contributed by atoms with Gasteiger partial charge in [-0.25, -0.2) is 9.48 Å². The van der Waals surface area contributed by atoms with Gasteiger partial charge in [-0.1, -0.05) is 0 Å². The molecule has 2 aliphatic rings. The number of carbonyl (C=O) groups is 1. The van der Waals surface area contributed by atoms with Crippen molar-refractivity contribution in [1.29, 1.82) is 0 Å². The number of aromatic nitrogens is 2. The molecular weight excluding hydrogens is 282 g/mol. The molecule has 6 heteroatoms. The number of nitrogens with zero attached hydrogens (tertiary/aromatic N) is 3. The van der Waals surface area contributed by atoms with Crippen LogP contribution in [-0.4, -0.2) is 45.1 Å². The van der Waals surface area contributed by atoms with Gasteiger partial charge < -0.3 is 14.4 Å². The Morgan fingerprint density at radius 1 is 1.41 bits per heavy atom. The Labute approximate surface area is 131 Å². The molecule has 0 radical (unpaired) electrons. The number of ether oxygens (including phenoxy) is 2. The van der Waals surface area contributed by atoms with Crippen LogP contribution in [0.15, 0.2) is 12.3 Å². The summed E-state index contributed by atoms with van der Waals surface area (Å²) in [5.74, 6) is 1.15. The van der Waals surface area contributed by atoms with E-state index in [1.54, 1.807) is 10.9 Å². The molecule has 2 saturated heterocycles. The molecule has 3 unspecified atom stereocenters. The highest BCUT2D eigenvalue weighted by atomic mass is 16.6. The largest absolute Gasteiger partial charge is 0.477 e. The predicted octanol–water partition coefficient (Wildman–Crippen LogP) is 2.59. The highest BCUT2D eigenvalue weighted by Gasteiger charge is 2.50. The third-order valence-corrected chi connectivity index (χ3v) is 4.49. The van der Waals surface area contributed by atoms with E-state index in [9.17, 15) is 4.79 Å². The number of hydrogen-bond acceptors (Lipinski definition) is 4. The molecule has 0 aromatic carbocycles. The van der Waals surface area contributed by atoms with E-state index in [0.717, 1.165) is 25.1 Å². The molecule has 1 amide bonds. The van der Waals surface area contributed by atoms with E-state index < -0.39 is 5.60 Å². The van der Waals surface area contributed by atoms with Gasteiger partial charge in [0.05, 0.1) is 12.8 Å². The summed E-state index contributed by atoms with van der Waals surface area (Å²) in [6.07, 6.45) is 4.67. The van der Waals surface area contributed by atoms with E-state index in [1.807, 2.05) is 38.8 Å². The fourth-order valence-corrected chi connectivity index (χ4v) is 3.59. The van der Waals surface area contributed by atoms with Gasteiger partial charge in [0.1, 0.15) is 5.60 Å². The van der Waals surface area contributed by atoms with Crippen molar-refractivity contribution < 1.29 is 14.3 Å². The van der Waals surface area contributed by atoms with E-state index >= 15 is 0 Å². The summed E-state index contributed by atoms with van der Waals surface area (Å²) < 4.78 is 13.1. The molecule has 1 aromatic heterocycles. The van der Waals surface area contributed by atoms with Crippen LogP contribution in [0.3, 0.4) is 0 Å². The zero-order chi connectivity index (χ0) is 15.9. The topological polar surface area (TPSA) is 56.6 Å². The molecule has 0 aliphatic carbocycles. The summed E-state index contributed by atoms with van der Waals surface area (Å²) in [4.78, 5) is 14.4. The number of hydrogen-bond donors (Lipinski definition) is 0. The summed E-state index contributed by atoms with van der Waals surface area (Å²) in [7, 11) is 1.86. The van der Waals surface area contributed by atoms with Crippen LogP contribution in [0, 0.1) is 5.92 Å². The Morgan fingerprint density at radius 3 is 2.82 bits per heavy atom. The van der Waals surface area contributed by atoms with Crippen molar-refractivity contribution in [3.05, 3.63) is 12.3 Å². The van der Waals surface area contributed by atoms with E-state index in [-0.39, 0.29) is 12.1 Å². The fraction of sp³-hybridized carbons (Fsp3) is 0.750. The molecule has 1 aromatic rings. The highest BCUT2D eigenvalue weighted by Crippen LogP contribution is 2.42. The number of fused-ring (bicyclic) bond motifs is 2. The van der Waals surface area contributed by atoms with Crippen LogP contribution in [0.5, 0.6) is 5.88 Å². The first-order valence-electron chi connectivity index (χ1n) is 7.97. The van der Waals surface area contributed by atoms with Gasteiger partial charge in [-0.3, -0.25) is 0 Å². The van der Waals surface area contributed by atoms with E-state index in [0.29, 0.717) is 18.6 Å². The Morgan fingerprint density at radius 2 is 2.18 bits per heavy atom. The molecule has 0 N–H and O–H groups in total. The first-order valence-corrected chi connectivity index (χ1v) is 7.97. The second kappa shape index (κ2) is 5.48. The zero-order valence-corrected chi connectivity index (χ0v) is 13.8. The van der Waals surface area contributed by atoms with Crippen LogP contribution < -0.4 is 4.74 Å². The van der Waals surface area contributed by atoms with Crippen molar-refractivity contribution in [3.63, 3.8) is 0 Å². The highest BCUT2D eigenvalue weighted by molar-refractivity contribution is 5.70. The fourth-order valence-electron chi connectivity index (χ4n) is 3.59. The van der Waals surface area contributed by atoms with Gasteiger partial charge in [0.15, 0.2) is 0 Å². The normalized spacial score (nSPS) is 27.3. The molecule has 0 spiro atoms. The minimum atomic E-state index is -0.445. The van der Waals surface area contributed by atoms with Crippen LogP contribution in [0.1, 0.15) is 40.0 Å². The van der Waals surface area contributed by atoms with Gasteiger partial charge >= 0.3 is 6.09 Å². The smallest absolute Gasteiger partial charge is 0.410 e. The lowest BCUT2D eigenvalue weighted by Gasteiger charge is -2.28. The van der Waals surface area contributed by atoms with Crippen molar-refractivity contribution in [2.24, 2.45) is 13.0 Å². The molecule has 6 nitrogen and oxygen atoms in total. The summed E-state index contributed by atoms with van der Waals surface area (Å²) >= 11 is 0. The third-order valence-electron chi connectivity index (χ3n) is 4.49. The van der Waals surface area contributed by atoms with Crippen LogP contribution >= 0.6 is 0 Å². The summed E-state index contributed by atoms with van der Waals surface area (Å²) in [6.45, 7) is 6.35. The predicted molar refractivity (Wildman–Crippen MR) is 81.7 cm³/mol. The molecule has 3 heterocycles. The summed E-state index contributed by atoms with van der Waals surface area (Å²) in [5, 5.41) is 4.10. The number of rotatable bonds is 3. The minimum Gasteiger partial charge on any atom is -0.477 e. The maximum Gasteiger partial charge on any atom is 0.410 e. The first-order chi connectivity index (χ1) is 10.3. The van der Waals surface area contributed by atoms with Gasteiger partial charge in [0, 0.05) is 31.1 Å². The summed E-state index contributed by atoms with van der Waals surface area (Å²) in [6, 6.07) is 2.41. The monoisotopic (exact) mass is 307 g/mol. The van der Waals surface area contributed by atoms with Crippen molar-refractivity contribution >= 4 is 6.09 Å². The Hall–Kier alpha value is -1.72. The number of amides is 1. The van der Waals surface area contributed by atoms with Gasteiger partial charge in [-0.05, 0) is 40.0 Å². The van der Waals surface area contributed by atoms with Crippen LogP contribution in [0.4, 0.5) is 4.79 Å². The maximum absolute atomic E-state index is 12.4. The van der Waals surface area contributed by atoms with Crippen LogP contribution in [0.2, 0.25) is 0 Å². The molecule has 2 aliphatic heterocycles. The maximum atomic E-state index is 12.4. The SMILES string of the molecule is Cn1nccc1OCC1CC2CCC1N2C(=O)OC(C)(C)C. The lowest BCUT2D eigenvalue weighted by molar-refractivity contribution is 0.0198. The Balaban J connectivity index is 1.61. The first kappa shape index (κ1) is 15.2. The van der Waals surface area contributed by atoms with E-state index in [4.69, 9.17) is 9.47 Å². The molecule has 22 heavy (non-hydrogen) atoms. The number of aryl methyl sites for hydroxylation is 1. The molecular formula is C16H25N3O3. The average Bonchev–Trinajstić information content (AvgIpc) is 3.08. The van der Waals surface area contributed by atoms with Crippen molar-refractivity contribution in [1.82, 2.24) is 14.7 Å². The molecule has 2 fully saturated rings. The zero-order valence-electron chi connectivity index (χ0n) is 13.8. The van der Waals surface area contributed by atoms with Gasteiger partial charge in [0.25, 0.3) is 0 Å². The van der Waals surface area contributed by atoms with Crippen molar-refractivity contribution in [2.75, 3.05) is 6.61 Å². The van der Waals surface area contributed by atoms with Gasteiger partial charge in [0.2, 0.25) is 5.88 Å². The second-order valence-corrected chi connectivity index (χ2v) is 7.29.